The molecule has 1 aromatic heterocycles. The van der Waals surface area contributed by atoms with Crippen molar-refractivity contribution >= 4 is 11.5 Å². The molecule has 4 N–H and O–H groups in total. The van der Waals surface area contributed by atoms with E-state index in [0.717, 1.165) is 31.0 Å². The highest BCUT2D eigenvalue weighted by Gasteiger charge is 1.94. The average Bonchev–Trinajstić information content (AvgIpc) is 2.25. The van der Waals surface area contributed by atoms with E-state index in [0.29, 0.717) is 0 Å². The third-order valence-corrected chi connectivity index (χ3v) is 2.02. The van der Waals surface area contributed by atoms with Crippen LogP contribution in [0.15, 0.2) is 18.3 Å². The summed E-state index contributed by atoms with van der Waals surface area (Å²) in [5.41, 5.74) is 3.35. The maximum absolute atomic E-state index is 5.24. The highest BCUT2D eigenvalue weighted by Crippen LogP contribution is 2.07. The Bertz CT molecular complexity index is 270. The van der Waals surface area contributed by atoms with Gasteiger partial charge in [-0.05, 0) is 39.2 Å². The summed E-state index contributed by atoms with van der Waals surface area (Å²) in [7, 11) is 4.14. The summed E-state index contributed by atoms with van der Waals surface area (Å²) in [5, 5.41) is 3.24. The number of rotatable bonds is 6. The average molecular weight is 209 g/mol. The summed E-state index contributed by atoms with van der Waals surface area (Å²) in [6, 6.07) is 3.80. The summed E-state index contributed by atoms with van der Waals surface area (Å²) in [6.45, 7) is 2.01. The first kappa shape index (κ1) is 11.7. The molecule has 0 unspecified atom stereocenters. The quantitative estimate of drug-likeness (QED) is 0.366. The standard InChI is InChI=1S/C10H19N5/c1-15(2)7-3-6-12-10-5-4-9(14-11)8-13-10/h4-5,8,14H,3,6-7,11H2,1-2H3,(H,12,13). The van der Waals surface area contributed by atoms with Crippen molar-refractivity contribution in [3.63, 3.8) is 0 Å². The normalized spacial score (nSPS) is 10.4. The molecule has 0 atom stereocenters. The molecule has 0 aliphatic rings. The van der Waals surface area contributed by atoms with Crippen LogP contribution in [0.25, 0.3) is 0 Å². The Morgan fingerprint density at radius 3 is 2.73 bits per heavy atom. The van der Waals surface area contributed by atoms with Crippen LogP contribution in [0.4, 0.5) is 11.5 Å². The minimum absolute atomic E-state index is 0.814. The van der Waals surface area contributed by atoms with E-state index in [-0.39, 0.29) is 0 Å². The van der Waals surface area contributed by atoms with Gasteiger partial charge in [0.1, 0.15) is 5.82 Å². The van der Waals surface area contributed by atoms with Gasteiger partial charge in [-0.3, -0.25) is 5.84 Å². The van der Waals surface area contributed by atoms with Gasteiger partial charge in [0.2, 0.25) is 0 Å². The summed E-state index contributed by atoms with van der Waals surface area (Å²) < 4.78 is 0. The minimum atomic E-state index is 0.814. The molecule has 5 nitrogen and oxygen atoms in total. The lowest BCUT2D eigenvalue weighted by Gasteiger charge is -2.10. The van der Waals surface area contributed by atoms with Crippen LogP contribution in [0.5, 0.6) is 0 Å². The van der Waals surface area contributed by atoms with E-state index >= 15 is 0 Å². The molecule has 0 aromatic carbocycles. The van der Waals surface area contributed by atoms with Crippen LogP contribution >= 0.6 is 0 Å². The lowest BCUT2D eigenvalue weighted by molar-refractivity contribution is 0.405. The summed E-state index contributed by atoms with van der Waals surface area (Å²) >= 11 is 0. The molecule has 84 valence electrons. The number of nitrogens with two attached hydrogens (primary N) is 1. The molecule has 0 saturated heterocycles. The zero-order chi connectivity index (χ0) is 11.1. The molecule has 1 aromatic rings. The van der Waals surface area contributed by atoms with E-state index in [1.165, 1.54) is 0 Å². The number of pyridine rings is 1. The predicted octanol–water partition coefficient (Wildman–Crippen LogP) is 0.731. The Morgan fingerprint density at radius 2 is 2.20 bits per heavy atom. The Balaban J connectivity index is 2.25. The van der Waals surface area contributed by atoms with Crippen LogP contribution in [-0.2, 0) is 0 Å². The van der Waals surface area contributed by atoms with Crippen molar-refractivity contribution in [2.75, 3.05) is 37.9 Å². The van der Waals surface area contributed by atoms with E-state index in [2.05, 4.69) is 34.7 Å². The third-order valence-electron chi connectivity index (χ3n) is 2.02. The molecule has 1 rings (SSSR count). The Morgan fingerprint density at radius 1 is 1.40 bits per heavy atom. The Hall–Kier alpha value is -1.33. The van der Waals surface area contributed by atoms with Gasteiger partial charge in [-0.1, -0.05) is 0 Å². The van der Waals surface area contributed by atoms with E-state index in [4.69, 9.17) is 5.84 Å². The molecule has 0 spiro atoms. The smallest absolute Gasteiger partial charge is 0.126 e. The Kier molecular flexibility index (Phi) is 4.86. The van der Waals surface area contributed by atoms with Crippen molar-refractivity contribution < 1.29 is 0 Å². The second kappa shape index (κ2) is 6.21. The number of hydrogen-bond donors (Lipinski definition) is 3. The van der Waals surface area contributed by atoms with Crippen molar-refractivity contribution in [2.24, 2.45) is 5.84 Å². The number of nitrogens with zero attached hydrogens (tertiary/aromatic N) is 2. The fraction of sp³-hybridized carbons (Fsp3) is 0.500. The first-order chi connectivity index (χ1) is 7.22. The van der Waals surface area contributed by atoms with Crippen molar-refractivity contribution in [2.45, 2.75) is 6.42 Å². The Labute approximate surface area is 90.6 Å². The van der Waals surface area contributed by atoms with E-state index < -0.39 is 0 Å². The highest BCUT2D eigenvalue weighted by molar-refractivity contribution is 5.46. The van der Waals surface area contributed by atoms with Gasteiger partial charge in [0, 0.05) is 6.54 Å². The maximum Gasteiger partial charge on any atom is 0.126 e. The summed E-state index contributed by atoms with van der Waals surface area (Å²) in [4.78, 5) is 6.36. The molecular weight excluding hydrogens is 190 g/mol. The fourth-order valence-electron chi connectivity index (χ4n) is 1.20. The molecule has 0 aliphatic carbocycles. The number of anilines is 2. The number of hydrazine groups is 1. The number of aromatic nitrogens is 1. The molecule has 0 aliphatic heterocycles. The number of nitrogens with one attached hydrogen (secondary N) is 2. The third kappa shape index (κ3) is 4.62. The minimum Gasteiger partial charge on any atom is -0.370 e. The van der Waals surface area contributed by atoms with Crippen molar-refractivity contribution in [1.82, 2.24) is 9.88 Å². The highest BCUT2D eigenvalue weighted by atomic mass is 15.2. The number of nitrogen functional groups attached to an aromatic ring is 1. The molecular formula is C10H19N5. The van der Waals surface area contributed by atoms with Gasteiger partial charge in [0.05, 0.1) is 11.9 Å². The SMILES string of the molecule is CN(C)CCCNc1ccc(NN)cn1. The molecule has 5 heteroatoms. The molecule has 0 fully saturated rings. The van der Waals surface area contributed by atoms with Crippen LogP contribution < -0.4 is 16.6 Å². The summed E-state index contributed by atoms with van der Waals surface area (Å²) in [5.74, 6) is 6.12. The van der Waals surface area contributed by atoms with Gasteiger partial charge < -0.3 is 15.6 Å². The first-order valence-electron chi connectivity index (χ1n) is 5.03. The lowest BCUT2D eigenvalue weighted by atomic mass is 10.3. The second-order valence-corrected chi connectivity index (χ2v) is 3.66. The molecule has 1 heterocycles. The van der Waals surface area contributed by atoms with E-state index in [1.54, 1.807) is 6.20 Å². The van der Waals surface area contributed by atoms with E-state index in [9.17, 15) is 0 Å². The van der Waals surface area contributed by atoms with Gasteiger partial charge in [0.25, 0.3) is 0 Å². The zero-order valence-electron chi connectivity index (χ0n) is 9.33. The second-order valence-electron chi connectivity index (χ2n) is 3.66. The van der Waals surface area contributed by atoms with Gasteiger partial charge in [-0.15, -0.1) is 0 Å². The van der Waals surface area contributed by atoms with Gasteiger partial charge >= 0.3 is 0 Å². The van der Waals surface area contributed by atoms with Crippen LogP contribution in [-0.4, -0.2) is 37.1 Å². The topological polar surface area (TPSA) is 66.2 Å². The predicted molar refractivity (Wildman–Crippen MR) is 63.7 cm³/mol. The molecule has 0 radical (unpaired) electrons. The summed E-state index contributed by atoms with van der Waals surface area (Å²) in [6.07, 6.45) is 2.81. The van der Waals surface area contributed by atoms with Gasteiger partial charge in [-0.2, -0.15) is 0 Å². The number of hydrogen-bond acceptors (Lipinski definition) is 5. The first-order valence-corrected chi connectivity index (χ1v) is 5.03. The fourth-order valence-corrected chi connectivity index (χ4v) is 1.20. The van der Waals surface area contributed by atoms with Crippen molar-refractivity contribution in [3.05, 3.63) is 18.3 Å². The van der Waals surface area contributed by atoms with Crippen LogP contribution in [0.3, 0.4) is 0 Å². The molecule has 15 heavy (non-hydrogen) atoms. The largest absolute Gasteiger partial charge is 0.370 e. The monoisotopic (exact) mass is 209 g/mol. The van der Waals surface area contributed by atoms with Gasteiger partial charge in [-0.25, -0.2) is 4.98 Å². The van der Waals surface area contributed by atoms with Crippen LogP contribution in [0, 0.1) is 0 Å². The molecule has 0 bridgehead atoms. The van der Waals surface area contributed by atoms with Crippen molar-refractivity contribution in [1.29, 1.82) is 0 Å². The van der Waals surface area contributed by atoms with Crippen molar-refractivity contribution in [3.8, 4) is 0 Å². The van der Waals surface area contributed by atoms with E-state index in [1.807, 2.05) is 12.1 Å². The molecule has 0 amide bonds. The maximum atomic E-state index is 5.24. The van der Waals surface area contributed by atoms with Crippen LogP contribution in [0.1, 0.15) is 6.42 Å². The lowest BCUT2D eigenvalue weighted by Crippen LogP contribution is -2.16. The van der Waals surface area contributed by atoms with Gasteiger partial charge in [0.15, 0.2) is 0 Å². The molecule has 0 saturated carbocycles. The van der Waals surface area contributed by atoms with Crippen LogP contribution in [0.2, 0.25) is 0 Å². The zero-order valence-corrected chi connectivity index (χ0v) is 9.33.